The Labute approximate surface area is 145 Å². The van der Waals surface area contributed by atoms with Gasteiger partial charge in [0.05, 0.1) is 10.6 Å². The lowest BCUT2D eigenvalue weighted by Crippen LogP contribution is -2.30. The zero-order chi connectivity index (χ0) is 18.0. The molecule has 0 spiro atoms. The molecule has 0 aliphatic heterocycles. The molecule has 0 fully saturated rings. The Bertz CT molecular complexity index is 933. The molecule has 0 saturated heterocycles. The van der Waals surface area contributed by atoms with Crippen molar-refractivity contribution in [3.63, 3.8) is 0 Å². The molecule has 132 valence electrons. The number of benzene rings is 1. The lowest BCUT2D eigenvalue weighted by molar-refractivity contribution is 0.0923. The van der Waals surface area contributed by atoms with E-state index < -0.39 is 15.9 Å². The topological polar surface area (TPSA) is 127 Å². The van der Waals surface area contributed by atoms with Crippen LogP contribution in [0.4, 0.5) is 0 Å². The smallest absolute Gasteiger partial charge is 0.301 e. The van der Waals surface area contributed by atoms with E-state index in [1.54, 1.807) is 25.1 Å². The molecule has 0 saturated carbocycles. The normalized spacial score (nSPS) is 15.7. The van der Waals surface area contributed by atoms with E-state index in [4.69, 9.17) is 10.3 Å². The standard InChI is InChI=1S/C16H18N4O4S/c1-10-14-12(8-5-9-13(14)24-15(10)16(21)18-17)19-20-25(22,23)11-6-3-2-4-7-11/h2-4,6-7,20H,5,8-9,17H2,1H3,(H,18,21)/b19-12+. The van der Waals surface area contributed by atoms with Gasteiger partial charge < -0.3 is 4.42 Å². The molecule has 1 aliphatic rings. The number of nitrogen functional groups attached to an aromatic ring is 1. The summed E-state index contributed by atoms with van der Waals surface area (Å²) in [5, 5.41) is 4.09. The van der Waals surface area contributed by atoms with Crippen molar-refractivity contribution >= 4 is 21.6 Å². The maximum Gasteiger partial charge on any atom is 0.301 e. The second-order valence-corrected chi connectivity index (χ2v) is 7.31. The molecule has 0 atom stereocenters. The summed E-state index contributed by atoms with van der Waals surface area (Å²) >= 11 is 0. The van der Waals surface area contributed by atoms with Crippen LogP contribution in [0.2, 0.25) is 0 Å². The Morgan fingerprint density at radius 3 is 2.64 bits per heavy atom. The van der Waals surface area contributed by atoms with Crippen LogP contribution < -0.4 is 16.1 Å². The fourth-order valence-corrected chi connectivity index (χ4v) is 3.68. The first-order chi connectivity index (χ1) is 11.9. The third-order valence-electron chi connectivity index (χ3n) is 4.02. The predicted molar refractivity (Wildman–Crippen MR) is 91.3 cm³/mol. The minimum absolute atomic E-state index is 0.119. The van der Waals surface area contributed by atoms with Crippen molar-refractivity contribution in [2.24, 2.45) is 10.9 Å². The fourth-order valence-electron chi connectivity index (χ4n) is 2.83. The lowest BCUT2D eigenvalue weighted by Gasteiger charge is -2.14. The van der Waals surface area contributed by atoms with Gasteiger partial charge in [-0.2, -0.15) is 18.4 Å². The summed E-state index contributed by atoms with van der Waals surface area (Å²) in [5.41, 5.74) is 3.84. The molecule has 4 N–H and O–H groups in total. The Morgan fingerprint density at radius 1 is 1.24 bits per heavy atom. The number of rotatable bonds is 4. The molecule has 0 bridgehead atoms. The number of hydrazine groups is 1. The van der Waals surface area contributed by atoms with E-state index in [2.05, 4.69) is 9.93 Å². The molecule has 25 heavy (non-hydrogen) atoms. The van der Waals surface area contributed by atoms with Crippen molar-refractivity contribution in [3.05, 3.63) is 53.0 Å². The van der Waals surface area contributed by atoms with E-state index in [0.717, 1.165) is 6.42 Å². The van der Waals surface area contributed by atoms with Crippen LogP contribution in [0, 0.1) is 6.92 Å². The van der Waals surface area contributed by atoms with Crippen LogP contribution in [-0.4, -0.2) is 20.0 Å². The quantitative estimate of drug-likeness (QED) is 0.428. The third-order valence-corrected chi connectivity index (χ3v) is 5.24. The number of nitrogens with two attached hydrogens (primary N) is 1. The summed E-state index contributed by atoms with van der Waals surface area (Å²) in [7, 11) is -3.76. The average molecular weight is 362 g/mol. The van der Waals surface area contributed by atoms with Crippen molar-refractivity contribution in [1.82, 2.24) is 10.3 Å². The van der Waals surface area contributed by atoms with Gasteiger partial charge in [-0.15, -0.1) is 0 Å². The molecule has 3 rings (SSSR count). The Kier molecular flexibility index (Phi) is 4.60. The molecule has 1 heterocycles. The van der Waals surface area contributed by atoms with Crippen LogP contribution in [0.3, 0.4) is 0 Å². The average Bonchev–Trinajstić information content (AvgIpc) is 2.97. The van der Waals surface area contributed by atoms with Gasteiger partial charge in [-0.25, -0.2) is 5.84 Å². The van der Waals surface area contributed by atoms with E-state index in [1.807, 2.05) is 5.43 Å². The SMILES string of the molecule is Cc1c(C(=O)NN)oc2c1/C(=N/NS(=O)(=O)c1ccccc1)CCC2. The van der Waals surface area contributed by atoms with E-state index >= 15 is 0 Å². The van der Waals surface area contributed by atoms with E-state index in [-0.39, 0.29) is 10.7 Å². The summed E-state index contributed by atoms with van der Waals surface area (Å²) < 4.78 is 30.2. The minimum atomic E-state index is -3.76. The zero-order valence-electron chi connectivity index (χ0n) is 13.6. The van der Waals surface area contributed by atoms with Gasteiger partial charge in [0.15, 0.2) is 5.76 Å². The highest BCUT2D eigenvalue weighted by atomic mass is 32.2. The number of furan rings is 1. The van der Waals surface area contributed by atoms with Gasteiger partial charge in [0.25, 0.3) is 10.0 Å². The van der Waals surface area contributed by atoms with E-state index in [0.29, 0.717) is 35.4 Å². The Morgan fingerprint density at radius 2 is 1.96 bits per heavy atom. The minimum Gasteiger partial charge on any atom is -0.455 e. The van der Waals surface area contributed by atoms with Gasteiger partial charge in [-0.1, -0.05) is 18.2 Å². The first-order valence-corrected chi connectivity index (χ1v) is 9.19. The van der Waals surface area contributed by atoms with Crippen LogP contribution in [0.15, 0.2) is 44.7 Å². The van der Waals surface area contributed by atoms with Crippen LogP contribution in [0.1, 0.15) is 40.3 Å². The van der Waals surface area contributed by atoms with Crippen molar-refractivity contribution in [3.8, 4) is 0 Å². The molecular formula is C16H18N4O4S. The highest BCUT2D eigenvalue weighted by molar-refractivity contribution is 7.89. The summed E-state index contributed by atoms with van der Waals surface area (Å²) in [6.45, 7) is 1.72. The molecule has 1 aromatic carbocycles. The molecule has 0 radical (unpaired) electrons. The Balaban J connectivity index is 1.94. The second kappa shape index (κ2) is 6.69. The first kappa shape index (κ1) is 17.2. The van der Waals surface area contributed by atoms with Gasteiger partial charge >= 0.3 is 5.91 Å². The Hall–Kier alpha value is -2.65. The molecule has 1 aromatic heterocycles. The number of hydrazone groups is 1. The van der Waals surface area contributed by atoms with Crippen LogP contribution in [-0.2, 0) is 16.4 Å². The van der Waals surface area contributed by atoms with Crippen molar-refractivity contribution in [2.75, 3.05) is 0 Å². The zero-order valence-corrected chi connectivity index (χ0v) is 14.4. The number of hydrogen-bond donors (Lipinski definition) is 3. The highest BCUT2D eigenvalue weighted by Gasteiger charge is 2.28. The summed E-state index contributed by atoms with van der Waals surface area (Å²) in [6.07, 6.45) is 1.97. The van der Waals surface area contributed by atoms with Crippen LogP contribution >= 0.6 is 0 Å². The fraction of sp³-hybridized carbons (Fsp3) is 0.250. The number of sulfonamides is 1. The molecular weight excluding hydrogens is 344 g/mol. The maximum absolute atomic E-state index is 12.3. The monoisotopic (exact) mass is 362 g/mol. The molecule has 1 aliphatic carbocycles. The molecule has 8 nitrogen and oxygen atoms in total. The summed E-state index contributed by atoms with van der Waals surface area (Å²) in [4.78, 5) is 14.2. The highest BCUT2D eigenvalue weighted by Crippen LogP contribution is 2.29. The maximum atomic E-state index is 12.3. The van der Waals surface area contributed by atoms with Crippen molar-refractivity contribution in [1.29, 1.82) is 0 Å². The lowest BCUT2D eigenvalue weighted by atomic mass is 9.93. The molecule has 9 heteroatoms. The van der Waals surface area contributed by atoms with Gasteiger partial charge in [-0.05, 0) is 31.9 Å². The van der Waals surface area contributed by atoms with Crippen molar-refractivity contribution < 1.29 is 17.6 Å². The largest absolute Gasteiger partial charge is 0.455 e. The summed E-state index contributed by atoms with van der Waals surface area (Å²) in [5.74, 6) is 5.36. The van der Waals surface area contributed by atoms with Gasteiger partial charge in [-0.3, -0.25) is 10.2 Å². The molecule has 1 amide bonds. The molecule has 2 aromatic rings. The second-order valence-electron chi connectivity index (χ2n) is 5.65. The first-order valence-electron chi connectivity index (χ1n) is 7.71. The van der Waals surface area contributed by atoms with Gasteiger partial charge in [0.2, 0.25) is 0 Å². The van der Waals surface area contributed by atoms with Gasteiger partial charge in [0.1, 0.15) is 5.76 Å². The van der Waals surface area contributed by atoms with E-state index in [1.165, 1.54) is 12.1 Å². The van der Waals surface area contributed by atoms with Gasteiger partial charge in [0, 0.05) is 17.5 Å². The van der Waals surface area contributed by atoms with Crippen molar-refractivity contribution in [2.45, 2.75) is 31.1 Å². The predicted octanol–water partition coefficient (Wildman–Crippen LogP) is 1.21. The number of aryl methyl sites for hydroxylation is 1. The summed E-state index contributed by atoms with van der Waals surface area (Å²) in [6, 6.07) is 7.98. The number of fused-ring (bicyclic) bond motifs is 1. The molecule has 0 unspecified atom stereocenters. The number of carbonyl (C=O) groups is 1. The number of hydrogen-bond acceptors (Lipinski definition) is 6. The number of nitrogens with zero attached hydrogens (tertiary/aromatic N) is 1. The third kappa shape index (κ3) is 3.28. The van der Waals surface area contributed by atoms with E-state index in [9.17, 15) is 13.2 Å². The van der Waals surface area contributed by atoms with Crippen LogP contribution in [0.5, 0.6) is 0 Å². The number of nitrogens with one attached hydrogen (secondary N) is 2. The number of amides is 1. The number of carbonyl (C=O) groups excluding carboxylic acids is 1. The van der Waals surface area contributed by atoms with Crippen LogP contribution in [0.25, 0.3) is 0 Å².